The zero-order chi connectivity index (χ0) is 34.3. The van der Waals surface area contributed by atoms with Crippen LogP contribution in [0.1, 0.15) is 21.5 Å². The maximum atomic E-state index is 13.9. The lowest BCUT2D eigenvalue weighted by atomic mass is 10.1. The maximum Gasteiger partial charge on any atom is 0.262 e. The fraction of sp³-hybridized carbons (Fsp3) is 0.222. The van der Waals surface area contributed by atoms with Crippen LogP contribution in [0.5, 0.6) is 28.7 Å². The van der Waals surface area contributed by atoms with Gasteiger partial charge in [0.05, 0.1) is 44.5 Å². The summed E-state index contributed by atoms with van der Waals surface area (Å²) in [5.41, 5.74) is 3.02. The van der Waals surface area contributed by atoms with Crippen molar-refractivity contribution in [1.82, 2.24) is 14.9 Å². The molecule has 0 radical (unpaired) electrons. The Labute approximate surface area is 286 Å². The Hall–Kier alpha value is -5.69. The van der Waals surface area contributed by atoms with Crippen LogP contribution in [0.15, 0.2) is 88.8 Å². The standard InChI is InChI=1S/C36H34N4O8S/c1-44-26-11-9-25(10-12-26)38-33(41)20-49-36-39-28-18-32-31(47-21-48-32)17-27(28)35(43)40(36)19-23-4-7-24(8-5-23)34(42)37-15-14-22-6-13-29(45-2)30(16-22)46-3/h4-13,16-18H,14-15,19-21H2,1-3H3,(H,37,42)(H,38,41). The molecule has 0 atom stereocenters. The molecule has 2 amide bonds. The lowest BCUT2D eigenvalue weighted by Crippen LogP contribution is -2.26. The number of nitrogens with one attached hydrogen (secondary N) is 2. The van der Waals surface area contributed by atoms with Crippen molar-refractivity contribution in [3.8, 4) is 28.7 Å². The Kier molecular flexibility index (Phi) is 10.2. The van der Waals surface area contributed by atoms with Gasteiger partial charge in [0.1, 0.15) is 5.75 Å². The molecule has 2 N–H and O–H groups in total. The molecule has 5 aromatic rings. The third kappa shape index (κ3) is 7.73. The SMILES string of the molecule is COc1ccc(NC(=O)CSc2nc3cc4c(cc3c(=O)n2Cc2ccc(C(=O)NCCc3ccc(OC)c(OC)c3)cc2)OCO4)cc1. The number of amides is 2. The number of fused-ring (bicyclic) bond motifs is 2. The van der Waals surface area contributed by atoms with Gasteiger partial charge in [-0.15, -0.1) is 0 Å². The van der Waals surface area contributed by atoms with Gasteiger partial charge in [0.25, 0.3) is 11.5 Å². The van der Waals surface area contributed by atoms with Crippen molar-refractivity contribution in [2.75, 3.05) is 45.7 Å². The minimum Gasteiger partial charge on any atom is -0.497 e. The molecule has 252 valence electrons. The van der Waals surface area contributed by atoms with Crippen molar-refractivity contribution in [3.63, 3.8) is 0 Å². The molecule has 0 spiro atoms. The van der Waals surface area contributed by atoms with E-state index in [0.717, 1.165) is 22.9 Å². The van der Waals surface area contributed by atoms with Crippen LogP contribution in [0.3, 0.4) is 0 Å². The van der Waals surface area contributed by atoms with Gasteiger partial charge in [0.15, 0.2) is 28.2 Å². The van der Waals surface area contributed by atoms with E-state index in [1.54, 1.807) is 82.0 Å². The number of hydrogen-bond acceptors (Lipinski definition) is 10. The number of ether oxygens (including phenoxy) is 5. The van der Waals surface area contributed by atoms with Crippen molar-refractivity contribution in [1.29, 1.82) is 0 Å². The van der Waals surface area contributed by atoms with E-state index in [4.69, 9.17) is 28.7 Å². The molecule has 49 heavy (non-hydrogen) atoms. The summed E-state index contributed by atoms with van der Waals surface area (Å²) in [5, 5.41) is 6.52. The van der Waals surface area contributed by atoms with Crippen molar-refractivity contribution in [2.45, 2.75) is 18.1 Å². The summed E-state index contributed by atoms with van der Waals surface area (Å²) in [6.45, 7) is 0.655. The van der Waals surface area contributed by atoms with Crippen LogP contribution in [-0.4, -0.2) is 61.8 Å². The molecule has 4 aromatic carbocycles. The Morgan fingerprint density at radius 2 is 1.57 bits per heavy atom. The van der Waals surface area contributed by atoms with Gasteiger partial charge >= 0.3 is 0 Å². The zero-order valence-corrected chi connectivity index (χ0v) is 27.9. The molecule has 0 saturated carbocycles. The summed E-state index contributed by atoms with van der Waals surface area (Å²) in [6.07, 6.45) is 0.612. The van der Waals surface area contributed by atoms with Crippen molar-refractivity contribution in [2.24, 2.45) is 0 Å². The van der Waals surface area contributed by atoms with Gasteiger partial charge in [-0.2, -0.15) is 0 Å². The summed E-state index contributed by atoms with van der Waals surface area (Å²) in [7, 11) is 4.74. The van der Waals surface area contributed by atoms with E-state index < -0.39 is 0 Å². The van der Waals surface area contributed by atoms with Crippen LogP contribution in [0, 0.1) is 0 Å². The fourth-order valence-corrected chi connectivity index (χ4v) is 6.04. The molecule has 0 saturated heterocycles. The third-order valence-corrected chi connectivity index (χ3v) is 8.80. The first kappa shape index (κ1) is 33.2. The maximum absolute atomic E-state index is 13.9. The van der Waals surface area contributed by atoms with Crippen LogP contribution >= 0.6 is 11.8 Å². The lowest BCUT2D eigenvalue weighted by molar-refractivity contribution is -0.113. The van der Waals surface area contributed by atoms with E-state index in [1.165, 1.54) is 4.57 Å². The number of benzene rings is 4. The van der Waals surface area contributed by atoms with Gasteiger partial charge in [0.2, 0.25) is 12.7 Å². The Balaban J connectivity index is 1.16. The molecule has 0 bridgehead atoms. The van der Waals surface area contributed by atoms with Crippen LogP contribution < -0.4 is 39.9 Å². The molecule has 12 nitrogen and oxygen atoms in total. The highest BCUT2D eigenvalue weighted by molar-refractivity contribution is 7.99. The Bertz CT molecular complexity index is 2050. The summed E-state index contributed by atoms with van der Waals surface area (Å²) in [4.78, 5) is 44.4. The average molecular weight is 683 g/mol. The van der Waals surface area contributed by atoms with E-state index in [0.29, 0.717) is 69.0 Å². The highest BCUT2D eigenvalue weighted by Gasteiger charge is 2.20. The van der Waals surface area contributed by atoms with E-state index in [2.05, 4.69) is 10.6 Å². The van der Waals surface area contributed by atoms with Gasteiger partial charge in [-0.05, 0) is 72.1 Å². The largest absolute Gasteiger partial charge is 0.497 e. The van der Waals surface area contributed by atoms with E-state index in [-0.39, 0.29) is 36.5 Å². The average Bonchev–Trinajstić information content (AvgIpc) is 3.59. The first-order valence-electron chi connectivity index (χ1n) is 15.3. The van der Waals surface area contributed by atoms with Crippen LogP contribution in [-0.2, 0) is 17.8 Å². The molecule has 13 heteroatoms. The van der Waals surface area contributed by atoms with Gasteiger partial charge in [-0.1, -0.05) is 30.0 Å². The van der Waals surface area contributed by atoms with Crippen molar-refractivity contribution >= 4 is 40.2 Å². The van der Waals surface area contributed by atoms with Gasteiger partial charge in [-0.25, -0.2) is 4.98 Å². The molecular weight excluding hydrogens is 648 g/mol. The minimum atomic E-state index is -0.293. The Morgan fingerprint density at radius 3 is 2.29 bits per heavy atom. The molecular formula is C36H34N4O8S. The fourth-order valence-electron chi connectivity index (χ4n) is 5.24. The second-order valence-corrected chi connectivity index (χ2v) is 11.9. The Morgan fingerprint density at radius 1 is 0.857 bits per heavy atom. The number of carbonyl (C=O) groups is 2. The molecule has 1 aliphatic heterocycles. The predicted molar refractivity (Wildman–Crippen MR) is 186 cm³/mol. The molecule has 1 aromatic heterocycles. The number of aromatic nitrogens is 2. The number of methoxy groups -OCH3 is 3. The number of rotatable bonds is 13. The summed E-state index contributed by atoms with van der Waals surface area (Å²) >= 11 is 1.15. The molecule has 6 rings (SSSR count). The van der Waals surface area contributed by atoms with Crippen LogP contribution in [0.2, 0.25) is 0 Å². The first-order chi connectivity index (χ1) is 23.8. The van der Waals surface area contributed by atoms with E-state index in [1.807, 2.05) is 18.2 Å². The van der Waals surface area contributed by atoms with Gasteiger partial charge < -0.3 is 34.3 Å². The van der Waals surface area contributed by atoms with E-state index >= 15 is 0 Å². The second kappa shape index (κ2) is 15.0. The van der Waals surface area contributed by atoms with Crippen LogP contribution in [0.4, 0.5) is 5.69 Å². The van der Waals surface area contributed by atoms with Gasteiger partial charge in [0, 0.05) is 23.9 Å². The minimum absolute atomic E-state index is 0.0109. The monoisotopic (exact) mass is 682 g/mol. The summed E-state index contributed by atoms with van der Waals surface area (Å²) in [6, 6.07) is 23.0. The molecule has 0 aliphatic carbocycles. The first-order valence-corrected chi connectivity index (χ1v) is 16.3. The molecule has 1 aliphatic rings. The van der Waals surface area contributed by atoms with Gasteiger partial charge in [-0.3, -0.25) is 19.0 Å². The number of carbonyl (C=O) groups excluding carboxylic acids is 2. The number of thioether (sulfide) groups is 1. The number of anilines is 1. The normalized spacial score (nSPS) is 11.7. The number of nitrogens with zero attached hydrogens (tertiary/aromatic N) is 2. The predicted octanol–water partition coefficient (Wildman–Crippen LogP) is 4.90. The highest BCUT2D eigenvalue weighted by atomic mass is 32.2. The lowest BCUT2D eigenvalue weighted by Gasteiger charge is -2.14. The third-order valence-electron chi connectivity index (χ3n) is 7.82. The molecule has 2 heterocycles. The summed E-state index contributed by atoms with van der Waals surface area (Å²) < 4.78 is 28.3. The smallest absolute Gasteiger partial charge is 0.262 e. The quantitative estimate of drug-likeness (QED) is 0.130. The topological polar surface area (TPSA) is 139 Å². The van der Waals surface area contributed by atoms with Crippen molar-refractivity contribution < 1.29 is 33.3 Å². The number of hydrogen-bond donors (Lipinski definition) is 2. The van der Waals surface area contributed by atoms with Crippen LogP contribution in [0.25, 0.3) is 10.9 Å². The zero-order valence-electron chi connectivity index (χ0n) is 27.1. The molecule has 0 unspecified atom stereocenters. The molecule has 0 fully saturated rings. The highest BCUT2D eigenvalue weighted by Crippen LogP contribution is 2.35. The van der Waals surface area contributed by atoms with E-state index in [9.17, 15) is 14.4 Å². The summed E-state index contributed by atoms with van der Waals surface area (Å²) in [5.74, 6) is 2.46. The van der Waals surface area contributed by atoms with Crippen molar-refractivity contribution in [3.05, 3.63) is 106 Å². The second-order valence-electron chi connectivity index (χ2n) is 11.0.